The highest BCUT2D eigenvalue weighted by molar-refractivity contribution is 9.11. The Morgan fingerprint density at radius 1 is 1.35 bits per heavy atom. The summed E-state index contributed by atoms with van der Waals surface area (Å²) in [4.78, 5) is 8.75. The lowest BCUT2D eigenvalue weighted by molar-refractivity contribution is 0.185. The van der Waals surface area contributed by atoms with E-state index in [-0.39, 0.29) is 12.0 Å². The van der Waals surface area contributed by atoms with Crippen molar-refractivity contribution in [3.63, 3.8) is 0 Å². The van der Waals surface area contributed by atoms with E-state index in [1.807, 2.05) is 13.1 Å². The fraction of sp³-hybridized carbons (Fsp3) is 0.417. The molecule has 2 aromatic rings. The molecule has 0 spiro atoms. The molecule has 6 nitrogen and oxygen atoms in total. The summed E-state index contributed by atoms with van der Waals surface area (Å²) in [5.41, 5.74) is 0.656. The van der Waals surface area contributed by atoms with Crippen molar-refractivity contribution in [3.05, 3.63) is 27.1 Å². The number of aromatic nitrogens is 3. The lowest BCUT2D eigenvalue weighted by Gasteiger charge is -2.11. The Balaban J connectivity index is 1.90. The van der Waals surface area contributed by atoms with Crippen LogP contribution in [0.5, 0.6) is 0 Å². The molecule has 106 valence electrons. The minimum atomic E-state index is 0.0791. The van der Waals surface area contributed by atoms with E-state index in [1.165, 1.54) is 0 Å². The van der Waals surface area contributed by atoms with Crippen molar-refractivity contribution >= 4 is 31.9 Å². The third-order valence-electron chi connectivity index (χ3n) is 3.23. The van der Waals surface area contributed by atoms with E-state index in [2.05, 4.69) is 52.3 Å². The van der Waals surface area contributed by atoms with Crippen LogP contribution in [-0.4, -0.2) is 41.4 Å². The smallest absolute Gasteiger partial charge is 0.234 e. The van der Waals surface area contributed by atoms with Crippen LogP contribution >= 0.6 is 31.9 Å². The number of likely N-dealkylation sites (N-methyl/N-ethyl adjacent to an activating group) is 1. The van der Waals surface area contributed by atoms with E-state index in [0.29, 0.717) is 30.6 Å². The average molecular weight is 404 g/mol. The van der Waals surface area contributed by atoms with Crippen molar-refractivity contribution in [2.75, 3.05) is 20.3 Å². The van der Waals surface area contributed by atoms with Gasteiger partial charge >= 0.3 is 0 Å². The molecule has 3 heterocycles. The summed E-state index contributed by atoms with van der Waals surface area (Å²) in [6.45, 7) is 1.24. The molecule has 20 heavy (non-hydrogen) atoms. The fourth-order valence-electron chi connectivity index (χ4n) is 2.14. The molecule has 0 aliphatic carbocycles. The molecule has 3 rings (SSSR count). The normalized spacial score (nSPS) is 22.4. The summed E-state index contributed by atoms with van der Waals surface area (Å²) in [5.74, 6) is 1.13. The van der Waals surface area contributed by atoms with E-state index in [4.69, 9.17) is 9.26 Å². The number of nitrogens with one attached hydrogen (secondary N) is 1. The molecule has 1 N–H and O–H groups in total. The molecular formula is C12H12Br2N4O2. The van der Waals surface area contributed by atoms with Crippen molar-refractivity contribution in [1.29, 1.82) is 0 Å². The van der Waals surface area contributed by atoms with E-state index >= 15 is 0 Å². The van der Waals surface area contributed by atoms with Crippen LogP contribution in [0.3, 0.4) is 0 Å². The van der Waals surface area contributed by atoms with Crippen LogP contribution in [0.4, 0.5) is 0 Å². The average Bonchev–Trinajstić information content (AvgIpc) is 3.06. The molecule has 2 atom stereocenters. The van der Waals surface area contributed by atoms with Crippen LogP contribution in [-0.2, 0) is 4.74 Å². The van der Waals surface area contributed by atoms with Crippen molar-refractivity contribution in [2.45, 2.75) is 12.0 Å². The number of hydrogen-bond donors (Lipinski definition) is 1. The van der Waals surface area contributed by atoms with Gasteiger partial charge in [0, 0.05) is 21.2 Å². The Morgan fingerprint density at radius 2 is 2.20 bits per heavy atom. The van der Waals surface area contributed by atoms with Crippen LogP contribution < -0.4 is 5.32 Å². The monoisotopic (exact) mass is 402 g/mol. The van der Waals surface area contributed by atoms with Gasteiger partial charge in [0.15, 0.2) is 0 Å². The SMILES string of the molecule is CNC1COCC1c1nc(-c2ncc(Br)cc2Br)no1. The predicted octanol–water partition coefficient (Wildman–Crippen LogP) is 2.36. The van der Waals surface area contributed by atoms with Gasteiger partial charge < -0.3 is 14.6 Å². The molecule has 1 fully saturated rings. The van der Waals surface area contributed by atoms with Crippen LogP contribution in [0.25, 0.3) is 11.5 Å². The summed E-state index contributed by atoms with van der Waals surface area (Å²) in [6.07, 6.45) is 1.70. The first-order chi connectivity index (χ1) is 9.69. The van der Waals surface area contributed by atoms with Gasteiger partial charge in [-0.3, -0.25) is 4.98 Å². The highest BCUT2D eigenvalue weighted by atomic mass is 79.9. The number of rotatable bonds is 3. The second-order valence-electron chi connectivity index (χ2n) is 4.48. The molecule has 0 saturated carbocycles. The largest absolute Gasteiger partial charge is 0.379 e. The minimum Gasteiger partial charge on any atom is -0.379 e. The van der Waals surface area contributed by atoms with Crippen molar-refractivity contribution in [2.24, 2.45) is 0 Å². The minimum absolute atomic E-state index is 0.0791. The Kier molecular flexibility index (Phi) is 4.16. The van der Waals surface area contributed by atoms with Gasteiger partial charge in [-0.15, -0.1) is 0 Å². The summed E-state index contributed by atoms with van der Waals surface area (Å²) < 4.78 is 12.5. The maximum absolute atomic E-state index is 5.45. The topological polar surface area (TPSA) is 73.1 Å². The third kappa shape index (κ3) is 2.65. The molecule has 1 saturated heterocycles. The number of pyridine rings is 1. The maximum atomic E-state index is 5.45. The standard InChI is InChI=1S/C12H12Br2N4O2/c1-15-9-5-19-4-7(9)12-17-11(18-20-12)10-8(14)2-6(13)3-16-10/h2-3,7,9,15H,4-5H2,1H3. The second-order valence-corrected chi connectivity index (χ2v) is 6.25. The Bertz CT molecular complexity index is 619. The van der Waals surface area contributed by atoms with Crippen molar-refractivity contribution < 1.29 is 9.26 Å². The zero-order valence-electron chi connectivity index (χ0n) is 10.6. The number of hydrogen-bond acceptors (Lipinski definition) is 6. The molecule has 0 bridgehead atoms. The molecular weight excluding hydrogens is 392 g/mol. The Labute approximate surface area is 132 Å². The van der Waals surface area contributed by atoms with Crippen LogP contribution in [0.1, 0.15) is 11.8 Å². The van der Waals surface area contributed by atoms with Crippen molar-refractivity contribution in [1.82, 2.24) is 20.4 Å². The number of nitrogens with zero attached hydrogens (tertiary/aromatic N) is 3. The van der Waals surface area contributed by atoms with Gasteiger partial charge in [0.25, 0.3) is 0 Å². The molecule has 1 aliphatic heterocycles. The van der Waals surface area contributed by atoms with E-state index < -0.39 is 0 Å². The highest BCUT2D eigenvalue weighted by Gasteiger charge is 2.33. The first kappa shape index (κ1) is 14.1. The molecule has 0 radical (unpaired) electrons. The van der Waals surface area contributed by atoms with Gasteiger partial charge in [-0.2, -0.15) is 4.98 Å². The second kappa shape index (κ2) is 5.88. The number of halogens is 2. The van der Waals surface area contributed by atoms with E-state index in [1.54, 1.807) is 6.20 Å². The van der Waals surface area contributed by atoms with Gasteiger partial charge in [-0.05, 0) is 45.0 Å². The summed E-state index contributed by atoms with van der Waals surface area (Å²) in [5, 5.41) is 7.21. The van der Waals surface area contributed by atoms with Gasteiger partial charge in [0.1, 0.15) is 5.69 Å². The summed E-state index contributed by atoms with van der Waals surface area (Å²) >= 11 is 6.81. The third-order valence-corrected chi connectivity index (χ3v) is 4.27. The zero-order valence-corrected chi connectivity index (χ0v) is 13.8. The van der Waals surface area contributed by atoms with E-state index in [9.17, 15) is 0 Å². The van der Waals surface area contributed by atoms with Gasteiger partial charge in [0.05, 0.1) is 19.1 Å². The van der Waals surface area contributed by atoms with Gasteiger partial charge in [-0.1, -0.05) is 5.16 Å². The zero-order chi connectivity index (χ0) is 14.1. The molecule has 1 aliphatic rings. The van der Waals surface area contributed by atoms with Crippen LogP contribution in [0, 0.1) is 0 Å². The highest BCUT2D eigenvalue weighted by Crippen LogP contribution is 2.29. The summed E-state index contributed by atoms with van der Waals surface area (Å²) in [6, 6.07) is 2.09. The van der Waals surface area contributed by atoms with Crippen LogP contribution in [0.15, 0.2) is 25.7 Å². The fourth-order valence-corrected chi connectivity index (χ4v) is 3.31. The molecule has 2 unspecified atom stereocenters. The molecule has 0 aromatic carbocycles. The quantitative estimate of drug-likeness (QED) is 0.847. The first-order valence-electron chi connectivity index (χ1n) is 6.09. The van der Waals surface area contributed by atoms with Crippen LogP contribution in [0.2, 0.25) is 0 Å². The predicted molar refractivity (Wildman–Crippen MR) is 79.3 cm³/mol. The molecule has 8 heteroatoms. The lowest BCUT2D eigenvalue weighted by atomic mass is 10.0. The van der Waals surface area contributed by atoms with Gasteiger partial charge in [-0.25, -0.2) is 0 Å². The van der Waals surface area contributed by atoms with E-state index in [0.717, 1.165) is 8.95 Å². The Morgan fingerprint density at radius 3 is 2.95 bits per heavy atom. The maximum Gasteiger partial charge on any atom is 0.234 e. The molecule has 2 aromatic heterocycles. The Hall–Kier alpha value is -0.830. The number of ether oxygens (including phenoxy) is 1. The van der Waals surface area contributed by atoms with Crippen molar-refractivity contribution in [3.8, 4) is 11.5 Å². The lowest BCUT2D eigenvalue weighted by Crippen LogP contribution is -2.31. The first-order valence-corrected chi connectivity index (χ1v) is 7.67. The molecule has 0 amide bonds. The summed E-state index contributed by atoms with van der Waals surface area (Å²) in [7, 11) is 1.90. The van der Waals surface area contributed by atoms with Gasteiger partial charge in [0.2, 0.25) is 11.7 Å².